The van der Waals surface area contributed by atoms with Gasteiger partial charge in [0.15, 0.2) is 6.61 Å². The second-order valence-electron chi connectivity index (χ2n) is 7.27. The molecule has 2 aromatic rings. The molecular formula is C21H24ClN3O5S. The van der Waals surface area contributed by atoms with Crippen LogP contribution in [0.2, 0.25) is 5.02 Å². The van der Waals surface area contributed by atoms with E-state index in [9.17, 15) is 18.0 Å². The summed E-state index contributed by atoms with van der Waals surface area (Å²) in [6.45, 7) is 2.10. The molecule has 0 aromatic heterocycles. The summed E-state index contributed by atoms with van der Waals surface area (Å²) in [5, 5.41) is 0.557. The van der Waals surface area contributed by atoms with Gasteiger partial charge in [-0.1, -0.05) is 29.3 Å². The largest absolute Gasteiger partial charge is 0.484 e. The molecule has 1 aliphatic rings. The van der Waals surface area contributed by atoms with Crippen molar-refractivity contribution >= 4 is 33.4 Å². The lowest BCUT2D eigenvalue weighted by molar-refractivity contribution is -0.132. The van der Waals surface area contributed by atoms with E-state index in [4.69, 9.17) is 16.3 Å². The van der Waals surface area contributed by atoms with Crippen LogP contribution >= 0.6 is 11.6 Å². The van der Waals surface area contributed by atoms with Crippen LogP contribution in [0.1, 0.15) is 18.4 Å². The van der Waals surface area contributed by atoms with Gasteiger partial charge in [0.1, 0.15) is 5.75 Å². The highest BCUT2D eigenvalue weighted by molar-refractivity contribution is 7.89. The highest BCUT2D eigenvalue weighted by Gasteiger charge is 2.32. The van der Waals surface area contributed by atoms with Crippen molar-refractivity contribution in [3.05, 3.63) is 59.1 Å². The van der Waals surface area contributed by atoms with Crippen molar-refractivity contribution in [3.63, 3.8) is 0 Å². The van der Waals surface area contributed by atoms with E-state index in [1.807, 2.05) is 6.92 Å². The lowest BCUT2D eigenvalue weighted by Crippen LogP contribution is -2.49. The van der Waals surface area contributed by atoms with Gasteiger partial charge in [-0.05, 0) is 56.2 Å². The first-order valence-electron chi connectivity index (χ1n) is 9.79. The van der Waals surface area contributed by atoms with Crippen LogP contribution in [0.15, 0.2) is 53.4 Å². The standard InChI is InChI=1S/C21H24ClN3O5S/c1-15-2-8-19(9-3-15)31(28,29)25-12-10-16(11-13-25)21(27)24-23-20(26)14-30-18-6-4-17(22)5-7-18/h2-9,16H,10-14H2,1H3,(H,23,26)(H,24,27). The number of hydrazine groups is 1. The maximum Gasteiger partial charge on any atom is 0.276 e. The number of carbonyl (C=O) groups is 2. The number of amides is 2. The summed E-state index contributed by atoms with van der Waals surface area (Å²) in [6, 6.07) is 13.2. The third kappa shape index (κ3) is 6.19. The number of benzene rings is 2. The molecule has 166 valence electrons. The fourth-order valence-electron chi connectivity index (χ4n) is 3.17. The number of nitrogens with zero attached hydrogens (tertiary/aromatic N) is 1. The van der Waals surface area contributed by atoms with Gasteiger partial charge < -0.3 is 4.74 Å². The molecule has 1 heterocycles. The zero-order valence-corrected chi connectivity index (χ0v) is 18.6. The summed E-state index contributed by atoms with van der Waals surface area (Å²) in [6.07, 6.45) is 0.738. The first kappa shape index (κ1) is 23.1. The molecule has 0 spiro atoms. The van der Waals surface area contributed by atoms with Crippen LogP contribution in [0.4, 0.5) is 0 Å². The summed E-state index contributed by atoms with van der Waals surface area (Å²) in [4.78, 5) is 24.4. The topological polar surface area (TPSA) is 105 Å². The van der Waals surface area contributed by atoms with Crippen molar-refractivity contribution in [2.75, 3.05) is 19.7 Å². The zero-order valence-electron chi connectivity index (χ0n) is 17.0. The maximum atomic E-state index is 12.7. The zero-order chi connectivity index (χ0) is 22.4. The summed E-state index contributed by atoms with van der Waals surface area (Å²) in [5.74, 6) is -0.773. The molecule has 1 fully saturated rings. The lowest BCUT2D eigenvalue weighted by Gasteiger charge is -2.30. The van der Waals surface area contributed by atoms with Crippen molar-refractivity contribution < 1.29 is 22.7 Å². The van der Waals surface area contributed by atoms with Gasteiger partial charge in [-0.3, -0.25) is 20.4 Å². The molecular weight excluding hydrogens is 442 g/mol. The molecule has 0 aliphatic carbocycles. The van der Waals surface area contributed by atoms with Crippen LogP contribution in [-0.4, -0.2) is 44.2 Å². The van der Waals surface area contributed by atoms with E-state index in [1.54, 1.807) is 48.5 Å². The Labute approximate surface area is 186 Å². The predicted octanol–water partition coefficient (Wildman–Crippen LogP) is 2.28. The number of aryl methyl sites for hydroxylation is 1. The van der Waals surface area contributed by atoms with E-state index in [1.165, 1.54) is 4.31 Å². The molecule has 8 nitrogen and oxygen atoms in total. The average molecular weight is 466 g/mol. The molecule has 2 N–H and O–H groups in total. The number of carbonyl (C=O) groups excluding carboxylic acids is 2. The van der Waals surface area contributed by atoms with Crippen LogP contribution in [0.3, 0.4) is 0 Å². The molecule has 2 aromatic carbocycles. The normalized spacial score (nSPS) is 15.3. The van der Waals surface area contributed by atoms with Crippen LogP contribution in [-0.2, 0) is 19.6 Å². The second-order valence-corrected chi connectivity index (χ2v) is 9.65. The molecule has 0 atom stereocenters. The SMILES string of the molecule is Cc1ccc(S(=O)(=O)N2CCC(C(=O)NNC(=O)COc3ccc(Cl)cc3)CC2)cc1. The van der Waals surface area contributed by atoms with E-state index < -0.39 is 15.9 Å². The Morgan fingerprint density at radius 1 is 1.03 bits per heavy atom. The van der Waals surface area contributed by atoms with Crippen molar-refractivity contribution in [3.8, 4) is 5.75 Å². The molecule has 0 saturated carbocycles. The summed E-state index contributed by atoms with van der Waals surface area (Å²) in [5.41, 5.74) is 5.68. The summed E-state index contributed by atoms with van der Waals surface area (Å²) < 4.78 is 32.2. The first-order valence-corrected chi connectivity index (χ1v) is 11.6. The Hall–Kier alpha value is -2.62. The molecule has 0 bridgehead atoms. The van der Waals surface area contributed by atoms with Crippen molar-refractivity contribution in [2.45, 2.75) is 24.7 Å². The lowest BCUT2D eigenvalue weighted by atomic mass is 9.98. The van der Waals surface area contributed by atoms with Crippen LogP contribution in [0.5, 0.6) is 5.75 Å². The number of halogens is 1. The van der Waals surface area contributed by atoms with Gasteiger partial charge in [0, 0.05) is 24.0 Å². The Balaban J connectivity index is 1.43. The molecule has 0 unspecified atom stereocenters. The Bertz CT molecular complexity index is 1020. The van der Waals surface area contributed by atoms with E-state index >= 15 is 0 Å². The monoisotopic (exact) mass is 465 g/mol. The van der Waals surface area contributed by atoms with Gasteiger partial charge in [-0.2, -0.15) is 4.31 Å². The number of sulfonamides is 1. The fraction of sp³-hybridized carbons (Fsp3) is 0.333. The van der Waals surface area contributed by atoms with Gasteiger partial charge >= 0.3 is 0 Å². The number of nitrogens with one attached hydrogen (secondary N) is 2. The molecule has 31 heavy (non-hydrogen) atoms. The molecule has 0 radical (unpaired) electrons. The second kappa shape index (κ2) is 10.1. The third-order valence-corrected chi connectivity index (χ3v) is 7.16. The van der Waals surface area contributed by atoms with Gasteiger partial charge in [-0.25, -0.2) is 8.42 Å². The summed E-state index contributed by atoms with van der Waals surface area (Å²) >= 11 is 5.78. The number of rotatable bonds is 6. The Morgan fingerprint density at radius 3 is 2.26 bits per heavy atom. The molecule has 3 rings (SSSR count). The Morgan fingerprint density at radius 2 is 1.65 bits per heavy atom. The number of hydrogen-bond donors (Lipinski definition) is 2. The smallest absolute Gasteiger partial charge is 0.276 e. The van der Waals surface area contributed by atoms with E-state index in [0.29, 0.717) is 23.6 Å². The fourth-order valence-corrected chi connectivity index (χ4v) is 4.76. The van der Waals surface area contributed by atoms with Gasteiger partial charge in [0.25, 0.3) is 5.91 Å². The molecule has 1 saturated heterocycles. The number of piperidine rings is 1. The van der Waals surface area contributed by atoms with Crippen molar-refractivity contribution in [1.82, 2.24) is 15.2 Å². The van der Waals surface area contributed by atoms with Crippen LogP contribution in [0, 0.1) is 12.8 Å². The van der Waals surface area contributed by atoms with Crippen molar-refractivity contribution in [1.29, 1.82) is 0 Å². The summed E-state index contributed by atoms with van der Waals surface area (Å²) in [7, 11) is -3.58. The predicted molar refractivity (Wildman–Crippen MR) is 116 cm³/mol. The third-order valence-electron chi connectivity index (χ3n) is 4.99. The highest BCUT2D eigenvalue weighted by atomic mass is 35.5. The average Bonchev–Trinajstić information content (AvgIpc) is 2.77. The van der Waals surface area contributed by atoms with E-state index in [2.05, 4.69) is 10.9 Å². The van der Waals surface area contributed by atoms with Gasteiger partial charge in [-0.15, -0.1) is 0 Å². The minimum Gasteiger partial charge on any atom is -0.484 e. The highest BCUT2D eigenvalue weighted by Crippen LogP contribution is 2.24. The minimum absolute atomic E-state index is 0.238. The number of hydrogen-bond acceptors (Lipinski definition) is 5. The maximum absolute atomic E-state index is 12.7. The molecule has 10 heteroatoms. The van der Waals surface area contributed by atoms with Gasteiger partial charge in [0.2, 0.25) is 15.9 Å². The van der Waals surface area contributed by atoms with Gasteiger partial charge in [0.05, 0.1) is 4.90 Å². The quantitative estimate of drug-likeness (QED) is 0.637. The van der Waals surface area contributed by atoms with E-state index in [-0.39, 0.29) is 36.4 Å². The van der Waals surface area contributed by atoms with Crippen LogP contribution < -0.4 is 15.6 Å². The molecule has 2 amide bonds. The van der Waals surface area contributed by atoms with Crippen LogP contribution in [0.25, 0.3) is 0 Å². The van der Waals surface area contributed by atoms with E-state index in [0.717, 1.165) is 5.56 Å². The Kier molecular flexibility index (Phi) is 7.53. The first-order chi connectivity index (χ1) is 14.8. The minimum atomic E-state index is -3.58. The number of ether oxygens (including phenoxy) is 1. The van der Waals surface area contributed by atoms with Crippen molar-refractivity contribution in [2.24, 2.45) is 5.92 Å². The molecule has 1 aliphatic heterocycles.